The van der Waals surface area contributed by atoms with Crippen LogP contribution in [0.1, 0.15) is 63.8 Å². The van der Waals surface area contributed by atoms with Crippen molar-refractivity contribution in [2.75, 3.05) is 0 Å². The van der Waals surface area contributed by atoms with E-state index in [4.69, 9.17) is 11.2 Å². The molecule has 1 nitrogen and oxygen atoms in total. The lowest BCUT2D eigenvalue weighted by molar-refractivity contribution is 0.305. The molecule has 0 fully saturated rings. The molecule has 0 N–H and O–H groups in total. The van der Waals surface area contributed by atoms with E-state index in [0.717, 1.165) is 11.3 Å². The number of hydrogen-bond donors (Lipinski definition) is 0. The summed E-state index contributed by atoms with van der Waals surface area (Å²) in [4.78, 5) is 0. The molecule has 0 saturated carbocycles. The summed E-state index contributed by atoms with van der Waals surface area (Å²) in [6, 6.07) is 14.5. The molecule has 24 heavy (non-hydrogen) atoms. The van der Waals surface area contributed by atoms with E-state index in [2.05, 4.69) is 65.7 Å². The minimum absolute atomic E-state index is 0.116. The van der Waals surface area contributed by atoms with Gasteiger partial charge in [0.25, 0.3) is 0 Å². The Morgan fingerprint density at radius 2 is 1.33 bits per heavy atom. The van der Waals surface area contributed by atoms with Gasteiger partial charge >= 0.3 is 0 Å². The van der Waals surface area contributed by atoms with Crippen LogP contribution in [-0.4, -0.2) is 0 Å². The highest BCUT2D eigenvalue weighted by Crippen LogP contribution is 2.30. The topological polar surface area (TPSA) is 9.23 Å². The Bertz CT molecular complexity index is 699. The Morgan fingerprint density at radius 1 is 0.833 bits per heavy atom. The largest absolute Gasteiger partial charge is 0.489 e. The van der Waals surface area contributed by atoms with Crippen LogP contribution in [0.3, 0.4) is 0 Å². The predicted octanol–water partition coefficient (Wildman–Crippen LogP) is 5.84. The van der Waals surface area contributed by atoms with Crippen molar-refractivity contribution in [1.29, 1.82) is 0 Å². The van der Waals surface area contributed by atoms with E-state index in [1.165, 1.54) is 16.7 Å². The van der Waals surface area contributed by atoms with Crippen molar-refractivity contribution in [2.45, 2.75) is 59.0 Å². The van der Waals surface area contributed by atoms with Crippen molar-refractivity contribution in [3.05, 3.63) is 64.7 Å². The normalized spacial score (nSPS) is 11.9. The zero-order valence-electron chi connectivity index (χ0n) is 15.7. The Labute approximate surface area is 147 Å². The molecule has 0 aliphatic heterocycles. The Kier molecular flexibility index (Phi) is 5.09. The lowest BCUT2D eigenvalue weighted by Crippen LogP contribution is -2.17. The first-order valence-corrected chi connectivity index (χ1v) is 8.44. The summed E-state index contributed by atoms with van der Waals surface area (Å²) in [7, 11) is 0. The number of rotatable bonds is 3. The van der Waals surface area contributed by atoms with Gasteiger partial charge in [0, 0.05) is 5.56 Å². The van der Waals surface area contributed by atoms with Crippen LogP contribution in [0.25, 0.3) is 0 Å². The number of hydrogen-bond acceptors (Lipinski definition) is 1. The first-order valence-electron chi connectivity index (χ1n) is 8.44. The van der Waals surface area contributed by atoms with Crippen molar-refractivity contribution >= 4 is 0 Å². The van der Waals surface area contributed by atoms with Crippen LogP contribution < -0.4 is 4.74 Å². The Morgan fingerprint density at radius 3 is 1.75 bits per heavy atom. The van der Waals surface area contributed by atoms with Gasteiger partial charge in [-0.2, -0.15) is 0 Å². The fraction of sp³-hybridized carbons (Fsp3) is 0.391. The third-order valence-corrected chi connectivity index (χ3v) is 4.15. The van der Waals surface area contributed by atoms with E-state index >= 15 is 0 Å². The molecule has 0 atom stereocenters. The summed E-state index contributed by atoms with van der Waals surface area (Å²) in [5.41, 5.74) is 4.99. The smallest absolute Gasteiger partial charge is 0.119 e. The molecule has 0 saturated heterocycles. The second-order valence-corrected chi connectivity index (χ2v) is 8.38. The first kappa shape index (κ1) is 18.1. The molecule has 126 valence electrons. The molecule has 2 aromatic rings. The summed E-state index contributed by atoms with van der Waals surface area (Å²) in [6.45, 7) is 14.0. The molecule has 0 spiro atoms. The van der Waals surface area contributed by atoms with E-state index in [9.17, 15) is 0 Å². The average Bonchev–Trinajstić information content (AvgIpc) is 2.51. The van der Waals surface area contributed by atoms with Gasteiger partial charge in [-0.3, -0.25) is 0 Å². The third-order valence-electron chi connectivity index (χ3n) is 4.15. The maximum absolute atomic E-state index is 5.96. The van der Waals surface area contributed by atoms with Gasteiger partial charge in [0.15, 0.2) is 0 Å². The standard InChI is InChI=1S/C23H28O/c1-8-17-9-11-21(12-10-17)24-16-18-13-19(22(2,3)4)15-20(14-18)23(5,6)7/h1,9-15H,16H2,2-7H3. The monoisotopic (exact) mass is 320 g/mol. The highest BCUT2D eigenvalue weighted by molar-refractivity contribution is 5.39. The van der Waals surface area contributed by atoms with Gasteiger partial charge in [0.1, 0.15) is 12.4 Å². The summed E-state index contributed by atoms with van der Waals surface area (Å²) in [6.07, 6.45) is 5.39. The SMILES string of the molecule is C#Cc1ccc(OCc2cc(C(C)(C)C)cc(C(C)(C)C)c2)cc1. The van der Waals surface area contributed by atoms with Crippen LogP contribution in [0.2, 0.25) is 0 Å². The molecule has 0 aliphatic rings. The number of benzene rings is 2. The van der Waals surface area contributed by atoms with E-state index in [1.807, 2.05) is 24.3 Å². The fourth-order valence-corrected chi connectivity index (χ4v) is 2.46. The molecule has 0 heterocycles. The molecule has 0 unspecified atom stereocenters. The molecule has 1 heteroatoms. The average molecular weight is 320 g/mol. The zero-order valence-corrected chi connectivity index (χ0v) is 15.7. The summed E-state index contributed by atoms with van der Waals surface area (Å²) in [5.74, 6) is 3.46. The van der Waals surface area contributed by atoms with Crippen molar-refractivity contribution in [3.63, 3.8) is 0 Å². The molecule has 2 aromatic carbocycles. The van der Waals surface area contributed by atoms with E-state index in [1.54, 1.807) is 0 Å². The second-order valence-electron chi connectivity index (χ2n) is 8.38. The minimum Gasteiger partial charge on any atom is -0.489 e. The van der Waals surface area contributed by atoms with Crippen molar-refractivity contribution in [1.82, 2.24) is 0 Å². The molecule has 0 amide bonds. The molecule has 0 bridgehead atoms. The zero-order chi connectivity index (χ0) is 18.0. The molecular formula is C23H28O. The summed E-state index contributed by atoms with van der Waals surface area (Å²) >= 11 is 0. The van der Waals surface area contributed by atoms with E-state index in [-0.39, 0.29) is 10.8 Å². The molecule has 0 aromatic heterocycles. The Balaban J connectivity index is 2.26. The lowest BCUT2D eigenvalue weighted by atomic mass is 9.79. The number of ether oxygens (including phenoxy) is 1. The van der Waals surface area contributed by atoms with Gasteiger partial charge in [-0.1, -0.05) is 65.7 Å². The molecule has 0 aliphatic carbocycles. The van der Waals surface area contributed by atoms with Gasteiger partial charge in [0.2, 0.25) is 0 Å². The van der Waals surface area contributed by atoms with Crippen LogP contribution in [0.5, 0.6) is 5.75 Å². The summed E-state index contributed by atoms with van der Waals surface area (Å²) < 4.78 is 5.96. The maximum atomic E-state index is 5.96. The van der Waals surface area contributed by atoms with Crippen molar-refractivity contribution in [3.8, 4) is 18.1 Å². The fourth-order valence-electron chi connectivity index (χ4n) is 2.46. The van der Waals surface area contributed by atoms with Crippen LogP contribution >= 0.6 is 0 Å². The van der Waals surface area contributed by atoms with Crippen LogP contribution in [0.15, 0.2) is 42.5 Å². The minimum atomic E-state index is 0.116. The van der Waals surface area contributed by atoms with E-state index in [0.29, 0.717) is 6.61 Å². The first-order chi connectivity index (χ1) is 11.1. The Hall–Kier alpha value is -2.20. The van der Waals surface area contributed by atoms with Gasteiger partial charge < -0.3 is 4.74 Å². The highest BCUT2D eigenvalue weighted by Gasteiger charge is 2.20. The lowest BCUT2D eigenvalue weighted by Gasteiger charge is -2.26. The number of terminal acetylenes is 1. The summed E-state index contributed by atoms with van der Waals surface area (Å²) in [5, 5.41) is 0. The van der Waals surface area contributed by atoms with Crippen molar-refractivity contribution in [2.24, 2.45) is 0 Å². The van der Waals surface area contributed by atoms with Gasteiger partial charge in [0.05, 0.1) is 0 Å². The predicted molar refractivity (Wildman–Crippen MR) is 103 cm³/mol. The van der Waals surface area contributed by atoms with Crippen molar-refractivity contribution < 1.29 is 4.74 Å². The maximum Gasteiger partial charge on any atom is 0.119 e. The van der Waals surface area contributed by atoms with Crippen LogP contribution in [0.4, 0.5) is 0 Å². The van der Waals surface area contributed by atoms with Crippen LogP contribution in [-0.2, 0) is 17.4 Å². The molecule has 0 radical (unpaired) electrons. The second kappa shape index (κ2) is 6.73. The molecular weight excluding hydrogens is 292 g/mol. The van der Waals surface area contributed by atoms with Gasteiger partial charge in [-0.25, -0.2) is 0 Å². The third kappa shape index (κ3) is 4.65. The van der Waals surface area contributed by atoms with Gasteiger partial charge in [-0.15, -0.1) is 6.42 Å². The van der Waals surface area contributed by atoms with E-state index < -0.39 is 0 Å². The molecule has 2 rings (SSSR count). The quantitative estimate of drug-likeness (QED) is 0.645. The van der Waals surface area contributed by atoms with Crippen LogP contribution in [0, 0.1) is 12.3 Å². The highest BCUT2D eigenvalue weighted by atomic mass is 16.5. The van der Waals surface area contributed by atoms with Gasteiger partial charge in [-0.05, 0) is 51.8 Å².